The minimum absolute atomic E-state index is 0.381. The van der Waals surface area contributed by atoms with Gasteiger partial charge in [0.25, 0.3) is 0 Å². The van der Waals surface area contributed by atoms with Gasteiger partial charge >= 0.3 is 0 Å². The first-order valence-electron chi connectivity index (χ1n) is 12.6. The first-order valence-corrected chi connectivity index (χ1v) is 12.6. The molecule has 9 heteroatoms. The molecule has 0 saturated heterocycles. The Morgan fingerprint density at radius 3 is 1.47 bits per heavy atom. The highest BCUT2D eigenvalue weighted by molar-refractivity contribution is 5.58. The van der Waals surface area contributed by atoms with E-state index in [9.17, 15) is 0 Å². The van der Waals surface area contributed by atoms with E-state index in [0.29, 0.717) is 42.0 Å². The van der Waals surface area contributed by atoms with Crippen LogP contribution in [0.4, 0.5) is 29.2 Å². The van der Waals surface area contributed by atoms with Gasteiger partial charge in [0.05, 0.1) is 0 Å². The standard InChI is InChI=1S/C25H41N9/c1-33(2)21-13-9-19(10-14-21)28-24-30-23(27-18-7-5-17(26)6-8-18)31-25(32-24)29-20-11-15-22(16-12-20)34(3)4/h5-8,19-22H,9-16,26H2,1-4H3,(H3,27,28,29,30,31,32). The van der Waals surface area contributed by atoms with E-state index in [1.54, 1.807) is 0 Å². The lowest BCUT2D eigenvalue weighted by molar-refractivity contribution is 0.221. The highest BCUT2D eigenvalue weighted by Gasteiger charge is 2.25. The average Bonchev–Trinajstić information content (AvgIpc) is 2.81. The number of nitrogens with zero attached hydrogens (tertiary/aromatic N) is 5. The Bertz CT molecular complexity index is 851. The predicted molar refractivity (Wildman–Crippen MR) is 141 cm³/mol. The molecule has 5 N–H and O–H groups in total. The van der Waals surface area contributed by atoms with Crippen LogP contribution in [0.15, 0.2) is 24.3 Å². The molecular weight excluding hydrogens is 426 g/mol. The molecule has 0 atom stereocenters. The number of hydrogen-bond donors (Lipinski definition) is 4. The Morgan fingerprint density at radius 2 is 1.06 bits per heavy atom. The first-order chi connectivity index (χ1) is 16.4. The maximum Gasteiger partial charge on any atom is 0.233 e. The van der Waals surface area contributed by atoms with Gasteiger partial charge in [-0.2, -0.15) is 15.0 Å². The lowest BCUT2D eigenvalue weighted by Crippen LogP contribution is -2.37. The SMILES string of the molecule is CN(C)C1CCC(Nc2nc(Nc3ccc(N)cc3)nc(NC3CCC(N(C)C)CC3)n2)CC1. The van der Waals surface area contributed by atoms with E-state index in [1.165, 1.54) is 25.7 Å². The number of nitrogens with one attached hydrogen (secondary N) is 3. The number of rotatable bonds is 8. The summed E-state index contributed by atoms with van der Waals surface area (Å²) in [5.41, 5.74) is 7.47. The molecule has 2 saturated carbocycles. The van der Waals surface area contributed by atoms with Crippen molar-refractivity contribution in [1.82, 2.24) is 24.8 Å². The lowest BCUT2D eigenvalue weighted by Gasteiger charge is -2.33. The van der Waals surface area contributed by atoms with Gasteiger partial charge in [0.2, 0.25) is 17.8 Å². The van der Waals surface area contributed by atoms with Gasteiger partial charge < -0.3 is 31.5 Å². The monoisotopic (exact) mass is 467 g/mol. The van der Waals surface area contributed by atoms with Crippen molar-refractivity contribution in [1.29, 1.82) is 0 Å². The van der Waals surface area contributed by atoms with Crippen LogP contribution in [0.2, 0.25) is 0 Å². The zero-order valence-electron chi connectivity index (χ0n) is 21.1. The Kier molecular flexibility index (Phi) is 8.05. The van der Waals surface area contributed by atoms with E-state index in [0.717, 1.165) is 37.1 Å². The number of nitrogen functional groups attached to an aromatic ring is 1. The molecular formula is C25H41N9. The van der Waals surface area contributed by atoms with Crippen molar-refractivity contribution in [3.05, 3.63) is 24.3 Å². The van der Waals surface area contributed by atoms with Crippen molar-refractivity contribution >= 4 is 29.2 Å². The van der Waals surface area contributed by atoms with Gasteiger partial charge in [-0.3, -0.25) is 0 Å². The van der Waals surface area contributed by atoms with E-state index in [-0.39, 0.29) is 0 Å². The summed E-state index contributed by atoms with van der Waals surface area (Å²) in [6, 6.07) is 9.69. The molecule has 186 valence electrons. The Balaban J connectivity index is 1.46. The minimum Gasteiger partial charge on any atom is -0.399 e. The minimum atomic E-state index is 0.381. The molecule has 0 spiro atoms. The van der Waals surface area contributed by atoms with Crippen LogP contribution >= 0.6 is 0 Å². The van der Waals surface area contributed by atoms with Crippen molar-refractivity contribution in [3.8, 4) is 0 Å². The molecule has 0 aliphatic heterocycles. The topological polar surface area (TPSA) is 107 Å². The Hall–Kier alpha value is -2.65. The summed E-state index contributed by atoms with van der Waals surface area (Å²) in [5, 5.41) is 10.5. The molecule has 1 heterocycles. The second-order valence-electron chi connectivity index (χ2n) is 10.3. The van der Waals surface area contributed by atoms with Crippen molar-refractivity contribution in [2.24, 2.45) is 0 Å². The first kappa shape index (κ1) is 24.5. The second kappa shape index (κ2) is 11.2. The van der Waals surface area contributed by atoms with E-state index >= 15 is 0 Å². The molecule has 0 radical (unpaired) electrons. The fourth-order valence-electron chi connectivity index (χ4n) is 5.09. The summed E-state index contributed by atoms with van der Waals surface area (Å²) in [6.07, 6.45) is 9.22. The number of benzene rings is 1. The Morgan fingerprint density at radius 1 is 0.647 bits per heavy atom. The molecule has 0 bridgehead atoms. The van der Waals surface area contributed by atoms with Crippen molar-refractivity contribution in [2.75, 3.05) is 49.9 Å². The maximum atomic E-state index is 5.84. The summed E-state index contributed by atoms with van der Waals surface area (Å²) < 4.78 is 0. The molecule has 1 aromatic carbocycles. The van der Waals surface area contributed by atoms with Crippen molar-refractivity contribution < 1.29 is 0 Å². The van der Waals surface area contributed by atoms with Crippen LogP contribution in [0.5, 0.6) is 0 Å². The van der Waals surface area contributed by atoms with Crippen LogP contribution in [0, 0.1) is 0 Å². The fraction of sp³-hybridized carbons (Fsp3) is 0.640. The van der Waals surface area contributed by atoms with Crippen LogP contribution in [0.1, 0.15) is 51.4 Å². The van der Waals surface area contributed by atoms with Crippen molar-refractivity contribution in [3.63, 3.8) is 0 Å². The summed E-state index contributed by atoms with van der Waals surface area (Å²) in [4.78, 5) is 18.8. The van der Waals surface area contributed by atoms with Crippen LogP contribution < -0.4 is 21.7 Å². The third-order valence-electron chi connectivity index (χ3n) is 7.32. The number of hydrogen-bond acceptors (Lipinski definition) is 9. The van der Waals surface area contributed by atoms with Gasteiger partial charge in [-0.05, 0) is 104 Å². The second-order valence-corrected chi connectivity index (χ2v) is 10.3. The molecule has 1 aromatic heterocycles. The molecule has 0 unspecified atom stereocenters. The molecule has 2 fully saturated rings. The predicted octanol–water partition coefficient (Wildman–Crippen LogP) is 3.77. The third-order valence-corrected chi connectivity index (χ3v) is 7.32. The third kappa shape index (κ3) is 6.70. The average molecular weight is 468 g/mol. The summed E-state index contributed by atoms with van der Waals surface area (Å²) in [6.45, 7) is 0. The molecule has 2 aliphatic rings. The van der Waals surface area contributed by atoms with Crippen molar-refractivity contribution in [2.45, 2.75) is 75.5 Å². The summed E-state index contributed by atoms with van der Waals surface area (Å²) >= 11 is 0. The molecule has 2 aromatic rings. The van der Waals surface area contributed by atoms with Gasteiger partial charge in [0.1, 0.15) is 0 Å². The number of aromatic nitrogens is 3. The maximum absolute atomic E-state index is 5.84. The lowest BCUT2D eigenvalue weighted by atomic mass is 9.90. The summed E-state index contributed by atoms with van der Waals surface area (Å²) in [7, 11) is 8.68. The molecule has 4 rings (SSSR count). The molecule has 34 heavy (non-hydrogen) atoms. The molecule has 0 amide bonds. The van der Waals surface area contributed by atoms with E-state index in [4.69, 9.17) is 20.7 Å². The van der Waals surface area contributed by atoms with Gasteiger partial charge in [-0.15, -0.1) is 0 Å². The zero-order valence-corrected chi connectivity index (χ0v) is 21.1. The van der Waals surface area contributed by atoms with Crippen LogP contribution in [-0.2, 0) is 0 Å². The fourth-order valence-corrected chi connectivity index (χ4v) is 5.09. The highest BCUT2D eigenvalue weighted by Crippen LogP contribution is 2.27. The van der Waals surface area contributed by atoms with Crippen LogP contribution in [-0.4, -0.2) is 77.1 Å². The van der Waals surface area contributed by atoms with E-state index < -0.39 is 0 Å². The van der Waals surface area contributed by atoms with Gasteiger partial charge in [0.15, 0.2) is 0 Å². The van der Waals surface area contributed by atoms with E-state index in [2.05, 4.69) is 53.9 Å². The summed E-state index contributed by atoms with van der Waals surface area (Å²) in [5.74, 6) is 1.80. The van der Waals surface area contributed by atoms with Gasteiger partial charge in [-0.25, -0.2) is 0 Å². The van der Waals surface area contributed by atoms with Crippen LogP contribution in [0.25, 0.3) is 0 Å². The smallest absolute Gasteiger partial charge is 0.233 e. The normalized spacial score (nSPS) is 25.4. The largest absolute Gasteiger partial charge is 0.399 e. The highest BCUT2D eigenvalue weighted by atomic mass is 15.3. The van der Waals surface area contributed by atoms with Crippen LogP contribution in [0.3, 0.4) is 0 Å². The van der Waals surface area contributed by atoms with Gasteiger partial charge in [-0.1, -0.05) is 0 Å². The molecule has 9 nitrogen and oxygen atoms in total. The zero-order chi connectivity index (χ0) is 24.1. The van der Waals surface area contributed by atoms with E-state index in [1.807, 2.05) is 24.3 Å². The van der Waals surface area contributed by atoms with Gasteiger partial charge in [0, 0.05) is 35.5 Å². The molecule has 2 aliphatic carbocycles. The number of anilines is 5. The number of nitrogens with two attached hydrogens (primary N) is 1. The Labute approximate surface area is 203 Å². The quantitative estimate of drug-likeness (QED) is 0.432.